The lowest BCUT2D eigenvalue weighted by molar-refractivity contribution is -0.109. The van der Waals surface area contributed by atoms with Gasteiger partial charge in [0.15, 0.2) is 0 Å². The molecule has 5 heteroatoms. The van der Waals surface area contributed by atoms with Gasteiger partial charge in [0.2, 0.25) is 0 Å². The third-order valence-electron chi connectivity index (χ3n) is 3.66. The summed E-state index contributed by atoms with van der Waals surface area (Å²) >= 11 is 0. The Bertz CT molecular complexity index is 644. The van der Waals surface area contributed by atoms with Gasteiger partial charge in [-0.15, -0.1) is 0 Å². The molecule has 0 fully saturated rings. The molecule has 0 saturated carbocycles. The van der Waals surface area contributed by atoms with E-state index in [1.165, 1.54) is 0 Å². The minimum Gasteiger partial charge on any atom is -0.327 e. The number of carbonyl (C=O) groups is 2. The monoisotopic (exact) mass is 325 g/mol. The van der Waals surface area contributed by atoms with Crippen LogP contribution in [0.2, 0.25) is 0 Å². The third kappa shape index (κ3) is 5.21. The molecule has 5 nitrogen and oxygen atoms in total. The summed E-state index contributed by atoms with van der Waals surface area (Å²) in [5.74, 6) is 0. The molecule has 2 aromatic rings. The largest absolute Gasteiger partial charge is 0.332 e. The highest BCUT2D eigenvalue weighted by Gasteiger charge is 2.20. The van der Waals surface area contributed by atoms with E-state index in [1.54, 1.807) is 24.1 Å². The molecule has 1 N–H and O–H groups in total. The predicted molar refractivity (Wildman–Crippen MR) is 94.2 cm³/mol. The Labute approximate surface area is 142 Å². The smallest absolute Gasteiger partial charge is 0.327 e. The van der Waals surface area contributed by atoms with Gasteiger partial charge in [0.1, 0.15) is 6.29 Å². The molecule has 126 valence electrons. The van der Waals surface area contributed by atoms with E-state index in [1.807, 2.05) is 60.7 Å². The predicted octanol–water partition coefficient (Wildman–Crippen LogP) is 2.49. The average molecular weight is 325 g/mol. The topological polar surface area (TPSA) is 52.6 Å². The van der Waals surface area contributed by atoms with Gasteiger partial charge < -0.3 is 10.1 Å². The number of nitrogens with zero attached hydrogens (tertiary/aromatic N) is 2. The maximum absolute atomic E-state index is 12.6. The van der Waals surface area contributed by atoms with E-state index in [9.17, 15) is 9.59 Å². The van der Waals surface area contributed by atoms with Gasteiger partial charge in [-0.1, -0.05) is 60.7 Å². The van der Waals surface area contributed by atoms with E-state index < -0.39 is 6.04 Å². The zero-order valence-corrected chi connectivity index (χ0v) is 14.1. The highest BCUT2D eigenvalue weighted by molar-refractivity contribution is 5.78. The quantitative estimate of drug-likeness (QED) is 0.628. The van der Waals surface area contributed by atoms with E-state index in [4.69, 9.17) is 0 Å². The van der Waals surface area contributed by atoms with Crippen LogP contribution in [0.25, 0.3) is 0 Å². The molecule has 0 aromatic heterocycles. The zero-order chi connectivity index (χ0) is 17.4. The fraction of sp³-hybridized carbons (Fsp3) is 0.263. The van der Waals surface area contributed by atoms with Crippen molar-refractivity contribution in [3.05, 3.63) is 71.8 Å². The van der Waals surface area contributed by atoms with Gasteiger partial charge in [0, 0.05) is 14.1 Å². The first-order valence-electron chi connectivity index (χ1n) is 7.88. The summed E-state index contributed by atoms with van der Waals surface area (Å²) < 4.78 is 0. The van der Waals surface area contributed by atoms with Crippen molar-refractivity contribution in [1.82, 2.24) is 15.3 Å². The molecule has 0 aliphatic carbocycles. The number of hydrogen-bond acceptors (Lipinski definition) is 3. The molecule has 2 aromatic carbocycles. The van der Waals surface area contributed by atoms with Crippen LogP contribution >= 0.6 is 0 Å². The van der Waals surface area contributed by atoms with Crippen LogP contribution in [0, 0.1) is 0 Å². The fourth-order valence-electron chi connectivity index (χ4n) is 2.39. The first kappa shape index (κ1) is 17.7. The van der Waals surface area contributed by atoms with Crippen molar-refractivity contribution < 1.29 is 9.59 Å². The number of aldehydes is 1. The Morgan fingerprint density at radius 1 is 1.00 bits per heavy atom. The number of benzene rings is 2. The molecular weight excluding hydrogens is 302 g/mol. The van der Waals surface area contributed by atoms with E-state index in [2.05, 4.69) is 5.32 Å². The lowest BCUT2D eigenvalue weighted by Gasteiger charge is -2.30. The average Bonchev–Trinajstić information content (AvgIpc) is 2.60. The molecule has 0 aliphatic rings. The molecule has 0 saturated heterocycles. The minimum absolute atomic E-state index is 0.295. The van der Waals surface area contributed by atoms with Gasteiger partial charge in [-0.25, -0.2) is 9.80 Å². The summed E-state index contributed by atoms with van der Waals surface area (Å²) in [7, 11) is 3.60. The Morgan fingerprint density at radius 2 is 1.54 bits per heavy atom. The maximum atomic E-state index is 12.6. The van der Waals surface area contributed by atoms with Gasteiger partial charge in [-0.3, -0.25) is 5.01 Å². The molecule has 2 amide bonds. The van der Waals surface area contributed by atoms with Crippen LogP contribution in [-0.4, -0.2) is 42.5 Å². The van der Waals surface area contributed by atoms with E-state index in [0.717, 1.165) is 17.4 Å². The van der Waals surface area contributed by atoms with E-state index in [-0.39, 0.29) is 6.03 Å². The van der Waals surface area contributed by atoms with Crippen LogP contribution < -0.4 is 5.32 Å². The van der Waals surface area contributed by atoms with Gasteiger partial charge in [-0.05, 0) is 17.5 Å². The number of nitrogens with one attached hydrogen (secondary N) is 1. The van der Waals surface area contributed by atoms with Crippen LogP contribution in [-0.2, 0) is 17.8 Å². The van der Waals surface area contributed by atoms with Crippen molar-refractivity contribution in [1.29, 1.82) is 0 Å². The number of amides is 2. The molecule has 0 bridgehead atoms. The minimum atomic E-state index is -0.557. The van der Waals surface area contributed by atoms with Crippen LogP contribution in [0.4, 0.5) is 4.79 Å². The zero-order valence-electron chi connectivity index (χ0n) is 14.1. The Balaban J connectivity index is 2.01. The van der Waals surface area contributed by atoms with Gasteiger partial charge in [0.05, 0.1) is 12.6 Å². The summed E-state index contributed by atoms with van der Waals surface area (Å²) in [6.07, 6.45) is 1.25. The molecule has 1 atom stereocenters. The van der Waals surface area contributed by atoms with Crippen LogP contribution in [0.5, 0.6) is 0 Å². The molecule has 0 unspecified atom stereocenters. The van der Waals surface area contributed by atoms with Crippen molar-refractivity contribution in [2.75, 3.05) is 14.1 Å². The summed E-state index contributed by atoms with van der Waals surface area (Å²) in [5, 5.41) is 6.08. The first-order valence-corrected chi connectivity index (χ1v) is 7.88. The lowest BCUT2D eigenvalue weighted by Crippen LogP contribution is -2.50. The van der Waals surface area contributed by atoms with Crippen molar-refractivity contribution in [3.8, 4) is 0 Å². The number of rotatable bonds is 7. The SMILES string of the molecule is CN(C)N(Cc1ccccc1)C(=O)N[C@H](C=O)Cc1ccccc1. The van der Waals surface area contributed by atoms with Gasteiger partial charge in [-0.2, -0.15) is 0 Å². The fourth-order valence-corrected chi connectivity index (χ4v) is 2.39. The summed E-state index contributed by atoms with van der Waals surface area (Å²) in [6.45, 7) is 0.441. The molecule has 0 aliphatic heterocycles. The molecule has 0 spiro atoms. The Hall–Kier alpha value is -2.66. The van der Waals surface area contributed by atoms with Gasteiger partial charge in [0.25, 0.3) is 0 Å². The normalized spacial score (nSPS) is 11.8. The number of urea groups is 1. The first-order chi connectivity index (χ1) is 11.6. The second-order valence-corrected chi connectivity index (χ2v) is 5.77. The summed E-state index contributed by atoms with van der Waals surface area (Å²) in [6, 6.07) is 18.5. The molecule has 24 heavy (non-hydrogen) atoms. The summed E-state index contributed by atoms with van der Waals surface area (Å²) in [4.78, 5) is 23.9. The van der Waals surface area contributed by atoms with Crippen LogP contribution in [0.15, 0.2) is 60.7 Å². The molecule has 0 heterocycles. The number of hydrazine groups is 1. The highest BCUT2D eigenvalue weighted by Crippen LogP contribution is 2.07. The standard InChI is InChI=1S/C19H23N3O2/c1-21(2)22(14-17-11-7-4-8-12-17)19(24)20-18(15-23)13-16-9-5-3-6-10-16/h3-12,15,18H,13-14H2,1-2H3,(H,20,24)/t18-/m0/s1. The molecular formula is C19H23N3O2. The highest BCUT2D eigenvalue weighted by atomic mass is 16.2. The summed E-state index contributed by atoms with van der Waals surface area (Å²) in [5.41, 5.74) is 2.03. The van der Waals surface area contributed by atoms with E-state index >= 15 is 0 Å². The van der Waals surface area contributed by atoms with Crippen LogP contribution in [0.3, 0.4) is 0 Å². The lowest BCUT2D eigenvalue weighted by atomic mass is 10.1. The molecule has 2 rings (SSSR count). The van der Waals surface area contributed by atoms with E-state index in [0.29, 0.717) is 13.0 Å². The maximum Gasteiger partial charge on any atom is 0.332 e. The van der Waals surface area contributed by atoms with Gasteiger partial charge >= 0.3 is 6.03 Å². The molecule has 0 radical (unpaired) electrons. The second kappa shape index (κ2) is 8.84. The third-order valence-corrected chi connectivity index (χ3v) is 3.66. The van der Waals surface area contributed by atoms with Crippen molar-refractivity contribution in [2.45, 2.75) is 19.0 Å². The number of hydrogen-bond donors (Lipinski definition) is 1. The van der Waals surface area contributed by atoms with Crippen molar-refractivity contribution in [2.24, 2.45) is 0 Å². The Morgan fingerprint density at radius 3 is 2.04 bits per heavy atom. The Kier molecular flexibility index (Phi) is 6.51. The van der Waals surface area contributed by atoms with Crippen molar-refractivity contribution >= 4 is 12.3 Å². The number of carbonyl (C=O) groups excluding carboxylic acids is 2. The second-order valence-electron chi connectivity index (χ2n) is 5.77. The van der Waals surface area contributed by atoms with Crippen molar-refractivity contribution in [3.63, 3.8) is 0 Å². The van der Waals surface area contributed by atoms with Crippen LogP contribution in [0.1, 0.15) is 11.1 Å².